The molecule has 0 atom stereocenters. The first-order valence-electron chi connectivity index (χ1n) is 4.11. The molecule has 2 aromatic heterocycles. The Labute approximate surface area is 84.4 Å². The fourth-order valence-electron chi connectivity index (χ4n) is 1.13. The summed E-state index contributed by atoms with van der Waals surface area (Å²) in [6, 6.07) is 0. The van der Waals surface area contributed by atoms with Crippen molar-refractivity contribution in [2.75, 3.05) is 0 Å². The topological polar surface area (TPSA) is 93.8 Å². The molecule has 0 amide bonds. The van der Waals surface area contributed by atoms with Crippen LogP contribution in [0.5, 0.6) is 0 Å². The Balaban J connectivity index is 2.50. The van der Waals surface area contributed by atoms with Crippen LogP contribution in [0.1, 0.15) is 16.4 Å². The van der Waals surface area contributed by atoms with Gasteiger partial charge in [-0.2, -0.15) is 0 Å². The Morgan fingerprint density at radius 2 is 2.07 bits per heavy atom. The third-order valence-electron chi connectivity index (χ3n) is 1.75. The van der Waals surface area contributed by atoms with Crippen LogP contribution in [-0.2, 0) is 0 Å². The molecule has 0 spiro atoms. The summed E-state index contributed by atoms with van der Waals surface area (Å²) in [4.78, 5) is 22.0. The van der Waals surface area contributed by atoms with E-state index in [4.69, 9.17) is 5.11 Å². The predicted octanol–water partition coefficient (Wildman–Crippen LogP) is 0.0639. The quantitative estimate of drug-likeness (QED) is 0.745. The summed E-state index contributed by atoms with van der Waals surface area (Å²) in [5.74, 6) is -0.924. The summed E-state index contributed by atoms with van der Waals surface area (Å²) >= 11 is 0. The number of hydrogen-bond acceptors (Lipinski definition) is 5. The van der Waals surface area contributed by atoms with Crippen LogP contribution in [0.25, 0.3) is 5.69 Å². The third-order valence-corrected chi connectivity index (χ3v) is 1.75. The highest BCUT2D eigenvalue weighted by Gasteiger charge is 2.13. The van der Waals surface area contributed by atoms with Crippen molar-refractivity contribution in [1.29, 1.82) is 0 Å². The molecule has 76 valence electrons. The highest BCUT2D eigenvalue weighted by atomic mass is 16.4. The van der Waals surface area contributed by atoms with E-state index in [9.17, 15) is 4.79 Å². The first-order chi connectivity index (χ1) is 7.18. The molecule has 1 N–H and O–H groups in total. The number of aromatic nitrogens is 5. The first kappa shape index (κ1) is 9.25. The summed E-state index contributed by atoms with van der Waals surface area (Å²) in [5, 5.41) is 12.5. The Hall–Kier alpha value is -2.31. The van der Waals surface area contributed by atoms with E-state index >= 15 is 0 Å². The smallest absolute Gasteiger partial charge is 0.375 e. The van der Waals surface area contributed by atoms with Gasteiger partial charge in [-0.1, -0.05) is 0 Å². The molecule has 0 aliphatic heterocycles. The number of rotatable bonds is 2. The second-order valence-corrected chi connectivity index (χ2v) is 2.80. The van der Waals surface area contributed by atoms with E-state index in [1.54, 1.807) is 6.92 Å². The van der Waals surface area contributed by atoms with Gasteiger partial charge >= 0.3 is 5.97 Å². The van der Waals surface area contributed by atoms with E-state index in [2.05, 4.69) is 20.1 Å². The lowest BCUT2D eigenvalue weighted by Crippen LogP contribution is -2.03. The van der Waals surface area contributed by atoms with Gasteiger partial charge in [0.25, 0.3) is 5.82 Å². The number of hydrogen-bond donors (Lipinski definition) is 1. The molecule has 0 bridgehead atoms. The monoisotopic (exact) mass is 205 g/mol. The van der Waals surface area contributed by atoms with E-state index < -0.39 is 5.97 Å². The summed E-state index contributed by atoms with van der Waals surface area (Å²) in [7, 11) is 0. The molecular weight excluding hydrogens is 198 g/mol. The molecule has 7 nitrogen and oxygen atoms in total. The minimum atomic E-state index is -1.16. The van der Waals surface area contributed by atoms with E-state index in [1.165, 1.54) is 23.4 Å². The molecule has 0 aliphatic rings. The van der Waals surface area contributed by atoms with Gasteiger partial charge in [0.1, 0.15) is 17.8 Å². The van der Waals surface area contributed by atoms with Crippen molar-refractivity contribution in [2.45, 2.75) is 6.92 Å². The molecule has 0 aromatic carbocycles. The van der Waals surface area contributed by atoms with Crippen LogP contribution in [0, 0.1) is 6.92 Å². The fraction of sp³-hybridized carbons (Fsp3) is 0.125. The molecular formula is C8H7N5O2. The zero-order valence-electron chi connectivity index (χ0n) is 7.82. The molecule has 0 unspecified atom stereocenters. The number of aromatic carboxylic acids is 1. The van der Waals surface area contributed by atoms with Gasteiger partial charge in [-0.3, -0.25) is 0 Å². The lowest BCUT2D eigenvalue weighted by molar-refractivity contribution is 0.0683. The SMILES string of the molecule is Cc1nc(C(=O)O)nn1-c1cncnc1. The lowest BCUT2D eigenvalue weighted by Gasteiger charge is -1.99. The number of carboxylic acid groups (broad SMARTS) is 1. The maximum atomic E-state index is 10.6. The summed E-state index contributed by atoms with van der Waals surface area (Å²) in [6.45, 7) is 1.66. The Morgan fingerprint density at radius 3 is 2.60 bits per heavy atom. The predicted molar refractivity (Wildman–Crippen MR) is 48.6 cm³/mol. The molecule has 0 aliphatic carbocycles. The van der Waals surface area contributed by atoms with Crippen LogP contribution in [-0.4, -0.2) is 35.8 Å². The van der Waals surface area contributed by atoms with Crippen LogP contribution in [0.2, 0.25) is 0 Å². The van der Waals surface area contributed by atoms with Gasteiger partial charge in [-0.25, -0.2) is 24.4 Å². The minimum Gasteiger partial charge on any atom is -0.475 e. The van der Waals surface area contributed by atoms with Crippen LogP contribution >= 0.6 is 0 Å². The Kier molecular flexibility index (Phi) is 2.13. The van der Waals surface area contributed by atoms with Crippen LogP contribution in [0.3, 0.4) is 0 Å². The number of carboxylic acids is 1. The standard InChI is InChI=1S/C8H7N5O2/c1-5-11-7(8(14)15)12-13(5)6-2-9-4-10-3-6/h2-4H,1H3,(H,14,15). The van der Waals surface area contributed by atoms with Crippen molar-refractivity contribution in [2.24, 2.45) is 0 Å². The first-order valence-corrected chi connectivity index (χ1v) is 4.11. The summed E-state index contributed by atoms with van der Waals surface area (Å²) in [6.07, 6.45) is 4.44. The molecule has 0 fully saturated rings. The van der Waals surface area contributed by atoms with E-state index in [0.717, 1.165) is 0 Å². The maximum absolute atomic E-state index is 10.6. The number of aryl methyl sites for hydroxylation is 1. The van der Waals surface area contributed by atoms with Gasteiger partial charge in [0.05, 0.1) is 12.4 Å². The van der Waals surface area contributed by atoms with Crippen molar-refractivity contribution in [1.82, 2.24) is 24.7 Å². The molecule has 0 saturated carbocycles. The molecule has 2 heterocycles. The van der Waals surface area contributed by atoms with E-state index in [0.29, 0.717) is 11.5 Å². The number of carbonyl (C=O) groups is 1. The zero-order valence-corrected chi connectivity index (χ0v) is 7.82. The van der Waals surface area contributed by atoms with Crippen molar-refractivity contribution >= 4 is 5.97 Å². The second-order valence-electron chi connectivity index (χ2n) is 2.80. The van der Waals surface area contributed by atoms with Crippen LogP contribution < -0.4 is 0 Å². The average molecular weight is 205 g/mol. The van der Waals surface area contributed by atoms with Gasteiger partial charge in [0.2, 0.25) is 0 Å². The lowest BCUT2D eigenvalue weighted by atomic mass is 10.5. The molecule has 15 heavy (non-hydrogen) atoms. The fourth-order valence-corrected chi connectivity index (χ4v) is 1.13. The van der Waals surface area contributed by atoms with Crippen molar-refractivity contribution in [3.8, 4) is 5.69 Å². The van der Waals surface area contributed by atoms with Crippen LogP contribution in [0.15, 0.2) is 18.7 Å². The molecule has 0 radical (unpaired) electrons. The van der Waals surface area contributed by atoms with Gasteiger partial charge in [-0.05, 0) is 6.92 Å². The highest BCUT2D eigenvalue weighted by molar-refractivity contribution is 5.83. The Morgan fingerprint density at radius 1 is 1.40 bits per heavy atom. The summed E-state index contributed by atoms with van der Waals surface area (Å²) < 4.78 is 1.38. The normalized spacial score (nSPS) is 10.2. The van der Waals surface area contributed by atoms with Gasteiger partial charge < -0.3 is 5.11 Å². The average Bonchev–Trinajstić information content (AvgIpc) is 2.62. The van der Waals surface area contributed by atoms with E-state index in [1.807, 2.05) is 0 Å². The van der Waals surface area contributed by atoms with Crippen LogP contribution in [0.4, 0.5) is 0 Å². The summed E-state index contributed by atoms with van der Waals surface area (Å²) in [5.41, 5.74) is 0.579. The van der Waals surface area contributed by atoms with Gasteiger partial charge in [-0.15, -0.1) is 5.10 Å². The highest BCUT2D eigenvalue weighted by Crippen LogP contribution is 2.05. The van der Waals surface area contributed by atoms with Gasteiger partial charge in [0.15, 0.2) is 0 Å². The van der Waals surface area contributed by atoms with Crippen molar-refractivity contribution in [3.63, 3.8) is 0 Å². The largest absolute Gasteiger partial charge is 0.475 e. The zero-order chi connectivity index (χ0) is 10.8. The van der Waals surface area contributed by atoms with Crippen molar-refractivity contribution in [3.05, 3.63) is 30.4 Å². The minimum absolute atomic E-state index is 0.239. The maximum Gasteiger partial charge on any atom is 0.375 e. The van der Waals surface area contributed by atoms with E-state index in [-0.39, 0.29) is 5.82 Å². The Bertz CT molecular complexity index is 493. The molecule has 0 saturated heterocycles. The second kappa shape index (κ2) is 3.45. The molecule has 7 heteroatoms. The third kappa shape index (κ3) is 1.66. The molecule has 2 aromatic rings. The molecule has 2 rings (SSSR count). The van der Waals surface area contributed by atoms with Gasteiger partial charge in [0, 0.05) is 0 Å². The number of nitrogens with zero attached hydrogens (tertiary/aromatic N) is 5. The van der Waals surface area contributed by atoms with Crippen molar-refractivity contribution < 1.29 is 9.90 Å².